The van der Waals surface area contributed by atoms with Gasteiger partial charge in [0, 0.05) is 48.6 Å². The first kappa shape index (κ1) is 22.0. The molecule has 0 saturated carbocycles. The third-order valence-electron chi connectivity index (χ3n) is 4.57. The number of rotatable bonds is 12. The maximum absolute atomic E-state index is 12.7. The summed E-state index contributed by atoms with van der Waals surface area (Å²) in [6.07, 6.45) is 1.90. The Labute approximate surface area is 183 Å². The average Bonchev–Trinajstić information content (AvgIpc) is 3.44. The van der Waals surface area contributed by atoms with Crippen LogP contribution in [0.1, 0.15) is 33.0 Å². The van der Waals surface area contributed by atoms with Crippen LogP contribution in [0, 0.1) is 13.8 Å². The minimum atomic E-state index is 0.128. The molecule has 3 rings (SSSR count). The van der Waals surface area contributed by atoms with E-state index in [1.807, 2.05) is 19.9 Å². The zero-order valence-electron chi connectivity index (χ0n) is 16.9. The topological polar surface area (TPSA) is 69.0 Å². The molecule has 3 aromatic rings. The fourth-order valence-electron chi connectivity index (χ4n) is 3.09. The second-order valence-corrected chi connectivity index (χ2v) is 9.86. The van der Waals surface area contributed by atoms with E-state index in [2.05, 4.69) is 37.6 Å². The van der Waals surface area contributed by atoms with E-state index in [0.29, 0.717) is 5.75 Å². The molecule has 0 bridgehead atoms. The predicted molar refractivity (Wildman–Crippen MR) is 122 cm³/mol. The van der Waals surface area contributed by atoms with Gasteiger partial charge >= 0.3 is 0 Å². The van der Waals surface area contributed by atoms with Crippen molar-refractivity contribution in [1.29, 1.82) is 0 Å². The Kier molecular flexibility index (Phi) is 8.29. The third-order valence-corrected chi connectivity index (χ3v) is 7.52. The van der Waals surface area contributed by atoms with E-state index in [4.69, 9.17) is 4.74 Å². The molecule has 0 fully saturated rings. The fraction of sp³-hybridized carbons (Fsp3) is 0.450. The van der Waals surface area contributed by atoms with Crippen molar-refractivity contribution in [2.45, 2.75) is 37.6 Å². The van der Waals surface area contributed by atoms with Gasteiger partial charge in [-0.25, -0.2) is 0 Å². The van der Waals surface area contributed by atoms with E-state index in [1.165, 1.54) is 28.0 Å². The molecular weight excluding hydrogens is 424 g/mol. The lowest BCUT2D eigenvalue weighted by Gasteiger charge is -2.09. The van der Waals surface area contributed by atoms with E-state index in [9.17, 15) is 4.79 Å². The van der Waals surface area contributed by atoms with Crippen LogP contribution < -0.4 is 5.32 Å². The number of aryl methyl sites for hydroxylation is 1. The Morgan fingerprint density at radius 3 is 2.97 bits per heavy atom. The van der Waals surface area contributed by atoms with E-state index >= 15 is 0 Å². The van der Waals surface area contributed by atoms with Gasteiger partial charge in [-0.05, 0) is 44.2 Å². The largest absolute Gasteiger partial charge is 0.385 e. The summed E-state index contributed by atoms with van der Waals surface area (Å²) in [7, 11) is 1.71. The molecule has 3 aromatic heterocycles. The molecule has 0 aliphatic heterocycles. The van der Waals surface area contributed by atoms with Crippen LogP contribution in [0.25, 0.3) is 0 Å². The van der Waals surface area contributed by atoms with Crippen LogP contribution in [-0.2, 0) is 17.7 Å². The first-order valence-corrected chi connectivity index (χ1v) is 12.2. The number of carbonyl (C=O) groups excluding carboxylic acids is 1. The van der Waals surface area contributed by atoms with Crippen molar-refractivity contribution in [2.24, 2.45) is 0 Å². The predicted octanol–water partition coefficient (Wildman–Crippen LogP) is 4.68. The molecule has 29 heavy (non-hydrogen) atoms. The zero-order chi connectivity index (χ0) is 20.6. The highest BCUT2D eigenvalue weighted by Gasteiger charge is 2.17. The Morgan fingerprint density at radius 2 is 2.21 bits per heavy atom. The summed E-state index contributed by atoms with van der Waals surface area (Å²) in [5.41, 5.74) is 2.93. The van der Waals surface area contributed by atoms with Crippen molar-refractivity contribution in [2.75, 3.05) is 31.3 Å². The normalized spacial score (nSPS) is 11.1. The van der Waals surface area contributed by atoms with Crippen LogP contribution in [0.5, 0.6) is 0 Å². The number of Topliss-reactive ketones (excluding diaryl/α,β-unsaturated/α-hetero) is 1. The lowest BCUT2D eigenvalue weighted by atomic mass is 10.2. The Morgan fingerprint density at radius 1 is 1.34 bits per heavy atom. The van der Waals surface area contributed by atoms with Crippen LogP contribution >= 0.6 is 34.4 Å². The third kappa shape index (κ3) is 6.15. The Bertz CT molecular complexity index is 918. The molecule has 0 aliphatic carbocycles. The molecule has 1 N–H and O–H groups in total. The Balaban J connectivity index is 1.49. The van der Waals surface area contributed by atoms with Crippen LogP contribution in [0.3, 0.4) is 0 Å². The van der Waals surface area contributed by atoms with Crippen LogP contribution in [0.4, 0.5) is 5.13 Å². The average molecular weight is 451 g/mol. The summed E-state index contributed by atoms with van der Waals surface area (Å²) >= 11 is 4.70. The number of ketones is 1. The van der Waals surface area contributed by atoms with Gasteiger partial charge in [-0.1, -0.05) is 29.2 Å². The number of anilines is 1. The second-order valence-electron chi connectivity index (χ2n) is 6.62. The van der Waals surface area contributed by atoms with E-state index in [-0.39, 0.29) is 5.78 Å². The number of thioether (sulfide) groups is 1. The molecule has 3 heterocycles. The molecule has 6 nitrogen and oxygen atoms in total. The fourth-order valence-corrected chi connectivity index (χ4v) is 5.46. The highest BCUT2D eigenvalue weighted by Crippen LogP contribution is 2.27. The molecule has 0 saturated heterocycles. The molecular formula is C20H26N4O2S3. The van der Waals surface area contributed by atoms with Crippen molar-refractivity contribution in [3.8, 4) is 0 Å². The molecule has 0 spiro atoms. The first-order chi connectivity index (χ1) is 14.1. The van der Waals surface area contributed by atoms with Gasteiger partial charge in [0.1, 0.15) is 0 Å². The highest BCUT2D eigenvalue weighted by molar-refractivity contribution is 8.01. The first-order valence-electron chi connectivity index (χ1n) is 9.50. The maximum Gasteiger partial charge on any atom is 0.206 e. The SMILES string of the molecule is COCCCn1c(C)cc(C(=O)CSc2nnc(NCCc3cccs3)s2)c1C. The zero-order valence-corrected chi connectivity index (χ0v) is 19.4. The standard InChI is InChI=1S/C20H26N4O2S3/c1-14-12-17(15(2)24(14)9-5-10-26-3)18(25)13-28-20-23-22-19(29-20)21-8-7-16-6-4-11-27-16/h4,6,11-12H,5,7-10,13H2,1-3H3,(H,21,22). The Hall–Kier alpha value is -1.68. The smallest absolute Gasteiger partial charge is 0.206 e. The number of carbonyl (C=O) groups is 1. The van der Waals surface area contributed by atoms with E-state index in [0.717, 1.165) is 59.0 Å². The number of thiophene rings is 1. The minimum absolute atomic E-state index is 0.128. The highest BCUT2D eigenvalue weighted by atomic mass is 32.2. The number of hydrogen-bond acceptors (Lipinski definition) is 8. The molecule has 0 amide bonds. The summed E-state index contributed by atoms with van der Waals surface area (Å²) < 4.78 is 8.13. The number of aromatic nitrogens is 3. The van der Waals surface area contributed by atoms with Gasteiger partial charge < -0.3 is 14.6 Å². The van der Waals surface area contributed by atoms with Crippen LogP contribution in [0.2, 0.25) is 0 Å². The van der Waals surface area contributed by atoms with Crippen LogP contribution in [-0.4, -0.2) is 46.6 Å². The van der Waals surface area contributed by atoms with Gasteiger partial charge in [0.25, 0.3) is 0 Å². The van der Waals surface area contributed by atoms with Crippen molar-refractivity contribution in [3.63, 3.8) is 0 Å². The molecule has 156 valence electrons. The number of ether oxygens (including phenoxy) is 1. The number of hydrogen-bond donors (Lipinski definition) is 1. The van der Waals surface area contributed by atoms with Gasteiger partial charge in [0.05, 0.1) is 5.75 Å². The maximum atomic E-state index is 12.7. The van der Waals surface area contributed by atoms with Crippen molar-refractivity contribution < 1.29 is 9.53 Å². The quantitative estimate of drug-likeness (QED) is 0.245. The summed E-state index contributed by atoms with van der Waals surface area (Å²) in [6, 6.07) is 6.18. The van der Waals surface area contributed by atoms with Crippen molar-refractivity contribution in [3.05, 3.63) is 45.4 Å². The van der Waals surface area contributed by atoms with Crippen molar-refractivity contribution in [1.82, 2.24) is 14.8 Å². The van der Waals surface area contributed by atoms with Crippen molar-refractivity contribution >= 4 is 45.4 Å². The summed E-state index contributed by atoms with van der Waals surface area (Å²) in [5.74, 6) is 0.495. The van der Waals surface area contributed by atoms with Gasteiger partial charge in [-0.15, -0.1) is 21.5 Å². The molecule has 0 radical (unpaired) electrons. The number of nitrogens with zero attached hydrogens (tertiary/aromatic N) is 3. The molecule has 0 aromatic carbocycles. The van der Waals surface area contributed by atoms with Gasteiger partial charge in [0.2, 0.25) is 5.13 Å². The molecule has 9 heteroatoms. The summed E-state index contributed by atoms with van der Waals surface area (Å²) in [5, 5.41) is 14.6. The number of methoxy groups -OCH3 is 1. The van der Waals surface area contributed by atoms with Gasteiger partial charge in [-0.2, -0.15) is 0 Å². The van der Waals surface area contributed by atoms with Gasteiger partial charge in [0.15, 0.2) is 10.1 Å². The monoisotopic (exact) mass is 450 g/mol. The summed E-state index contributed by atoms with van der Waals surface area (Å²) in [6.45, 7) is 6.47. The lowest BCUT2D eigenvalue weighted by Crippen LogP contribution is -2.08. The summed E-state index contributed by atoms with van der Waals surface area (Å²) in [4.78, 5) is 14.1. The molecule has 0 aliphatic rings. The van der Waals surface area contributed by atoms with E-state index < -0.39 is 0 Å². The minimum Gasteiger partial charge on any atom is -0.385 e. The van der Waals surface area contributed by atoms with Gasteiger partial charge in [-0.3, -0.25) is 4.79 Å². The molecule has 0 atom stereocenters. The van der Waals surface area contributed by atoms with Crippen LogP contribution in [0.15, 0.2) is 27.9 Å². The molecule has 0 unspecified atom stereocenters. The van der Waals surface area contributed by atoms with E-state index in [1.54, 1.807) is 18.4 Å². The lowest BCUT2D eigenvalue weighted by molar-refractivity contribution is 0.102. The second kappa shape index (κ2) is 10.9. The number of nitrogens with one attached hydrogen (secondary N) is 1.